The molecule has 1 unspecified atom stereocenters. The number of aromatic nitrogens is 2. The van der Waals surface area contributed by atoms with Gasteiger partial charge in [0.05, 0.1) is 19.9 Å². The third kappa shape index (κ3) is 3.27. The van der Waals surface area contributed by atoms with Gasteiger partial charge in [-0.25, -0.2) is 0 Å². The van der Waals surface area contributed by atoms with Gasteiger partial charge in [0.15, 0.2) is 5.75 Å². The Bertz CT molecular complexity index is 496. The second kappa shape index (κ2) is 6.58. The Kier molecular flexibility index (Phi) is 5.00. The van der Waals surface area contributed by atoms with E-state index >= 15 is 0 Å². The van der Waals surface area contributed by atoms with Crippen LogP contribution in [0.2, 0.25) is 0 Å². The first-order valence-corrected chi connectivity index (χ1v) is 7.47. The molecule has 1 aliphatic heterocycles. The number of methoxy groups -OCH3 is 1. The Hall–Kier alpha value is -1.40. The Morgan fingerprint density at radius 1 is 1.38 bits per heavy atom. The highest BCUT2D eigenvalue weighted by Gasteiger charge is 2.33. The van der Waals surface area contributed by atoms with E-state index in [9.17, 15) is 4.79 Å². The quantitative estimate of drug-likeness (QED) is 0.775. The Labute approximate surface area is 126 Å². The molecule has 1 atom stereocenters. The highest BCUT2D eigenvalue weighted by atomic mass is 16.5. The predicted octanol–water partition coefficient (Wildman–Crippen LogP) is 1.76. The highest BCUT2D eigenvalue weighted by Crippen LogP contribution is 2.24. The first-order chi connectivity index (χ1) is 9.95. The maximum atomic E-state index is 12.8. The summed E-state index contributed by atoms with van der Waals surface area (Å²) >= 11 is 0. The largest absolute Gasteiger partial charge is 0.493 e. The molecule has 0 spiro atoms. The van der Waals surface area contributed by atoms with Crippen LogP contribution in [0.4, 0.5) is 0 Å². The molecule has 0 bridgehead atoms. The fourth-order valence-electron chi connectivity index (χ4n) is 2.57. The molecule has 1 fully saturated rings. The van der Waals surface area contributed by atoms with Crippen molar-refractivity contribution < 1.29 is 14.3 Å². The molecule has 1 aliphatic rings. The van der Waals surface area contributed by atoms with Crippen LogP contribution in [0.5, 0.6) is 5.75 Å². The number of hydrogen-bond acceptors (Lipinski definition) is 5. The summed E-state index contributed by atoms with van der Waals surface area (Å²) in [6, 6.07) is 0.499. The van der Waals surface area contributed by atoms with Crippen molar-refractivity contribution in [3.63, 3.8) is 0 Å². The zero-order valence-electron chi connectivity index (χ0n) is 13.5. The minimum Gasteiger partial charge on any atom is -0.493 e. The number of Topliss-reactive ketones (excluding diaryl/α,β-unsaturated/α-hetero) is 1. The Morgan fingerprint density at radius 3 is 2.67 bits per heavy atom. The minimum absolute atomic E-state index is 0.0524. The summed E-state index contributed by atoms with van der Waals surface area (Å²) in [5, 5.41) is 4.26. The summed E-state index contributed by atoms with van der Waals surface area (Å²) in [6.07, 6.45) is 1.14. The van der Waals surface area contributed by atoms with E-state index in [1.165, 1.54) is 0 Å². The predicted molar refractivity (Wildman–Crippen MR) is 79.9 cm³/mol. The van der Waals surface area contributed by atoms with E-state index in [1.54, 1.807) is 18.0 Å². The van der Waals surface area contributed by atoms with Crippen LogP contribution >= 0.6 is 0 Å². The third-order valence-corrected chi connectivity index (χ3v) is 3.82. The van der Waals surface area contributed by atoms with E-state index in [4.69, 9.17) is 9.47 Å². The van der Waals surface area contributed by atoms with Crippen molar-refractivity contribution in [3.05, 3.63) is 11.9 Å². The average Bonchev–Trinajstić information content (AvgIpc) is 2.90. The van der Waals surface area contributed by atoms with Gasteiger partial charge in [0, 0.05) is 25.2 Å². The summed E-state index contributed by atoms with van der Waals surface area (Å²) < 4.78 is 12.7. The molecule has 0 amide bonds. The maximum absolute atomic E-state index is 12.8. The van der Waals surface area contributed by atoms with Gasteiger partial charge in [-0.2, -0.15) is 5.10 Å². The lowest BCUT2D eigenvalue weighted by molar-refractivity contribution is -0.0262. The lowest BCUT2D eigenvalue weighted by Crippen LogP contribution is -2.49. The molecule has 0 saturated carbocycles. The van der Waals surface area contributed by atoms with Gasteiger partial charge >= 0.3 is 0 Å². The number of ketones is 1. The van der Waals surface area contributed by atoms with Gasteiger partial charge < -0.3 is 9.47 Å². The van der Waals surface area contributed by atoms with Gasteiger partial charge in [-0.15, -0.1) is 0 Å². The average molecular weight is 295 g/mol. The first-order valence-electron chi connectivity index (χ1n) is 7.47. The van der Waals surface area contributed by atoms with Crippen molar-refractivity contribution in [2.75, 3.05) is 26.8 Å². The number of nitrogens with zero attached hydrogens (tertiary/aromatic N) is 3. The normalized spacial score (nSPS) is 20.2. The van der Waals surface area contributed by atoms with Crippen molar-refractivity contribution in [2.45, 2.75) is 45.9 Å². The Balaban J connectivity index is 2.25. The molecular weight excluding hydrogens is 270 g/mol. The van der Waals surface area contributed by atoms with E-state index < -0.39 is 6.10 Å². The summed E-state index contributed by atoms with van der Waals surface area (Å²) in [7, 11) is 1.56. The van der Waals surface area contributed by atoms with Crippen LogP contribution in [0, 0.1) is 0 Å². The molecule has 118 valence electrons. The van der Waals surface area contributed by atoms with Crippen LogP contribution in [0.15, 0.2) is 6.20 Å². The number of rotatable bonds is 5. The maximum Gasteiger partial charge on any atom is 0.214 e. The Morgan fingerprint density at radius 2 is 2.10 bits per heavy atom. The topological polar surface area (TPSA) is 56.6 Å². The second-order valence-corrected chi connectivity index (χ2v) is 5.91. The lowest BCUT2D eigenvalue weighted by atomic mass is 10.1. The molecule has 0 aliphatic carbocycles. The van der Waals surface area contributed by atoms with Gasteiger partial charge in [0.25, 0.3) is 0 Å². The highest BCUT2D eigenvalue weighted by molar-refractivity contribution is 6.00. The van der Waals surface area contributed by atoms with Gasteiger partial charge in [-0.3, -0.25) is 14.4 Å². The van der Waals surface area contributed by atoms with Crippen molar-refractivity contribution in [1.29, 1.82) is 0 Å². The first kappa shape index (κ1) is 16.0. The van der Waals surface area contributed by atoms with Crippen LogP contribution in [0.25, 0.3) is 0 Å². The molecular formula is C15H25N3O3. The number of morpholine rings is 1. The SMILES string of the molecule is COc1cnn(C(C)C)c1C(=O)C1CN(C(C)C)CCO1. The molecule has 21 heavy (non-hydrogen) atoms. The van der Waals surface area contributed by atoms with E-state index in [0.29, 0.717) is 30.6 Å². The van der Waals surface area contributed by atoms with E-state index in [0.717, 1.165) is 6.54 Å². The molecule has 0 N–H and O–H groups in total. The number of carbonyl (C=O) groups is 1. The van der Waals surface area contributed by atoms with Gasteiger partial charge in [-0.1, -0.05) is 0 Å². The van der Waals surface area contributed by atoms with Crippen molar-refractivity contribution in [1.82, 2.24) is 14.7 Å². The van der Waals surface area contributed by atoms with E-state index in [-0.39, 0.29) is 11.8 Å². The number of carbonyl (C=O) groups excluding carboxylic acids is 1. The summed E-state index contributed by atoms with van der Waals surface area (Å²) in [5.74, 6) is 0.461. The zero-order chi connectivity index (χ0) is 15.6. The fourth-order valence-corrected chi connectivity index (χ4v) is 2.57. The summed E-state index contributed by atoms with van der Waals surface area (Å²) in [5.41, 5.74) is 0.503. The van der Waals surface area contributed by atoms with Crippen molar-refractivity contribution >= 4 is 5.78 Å². The number of ether oxygens (including phenoxy) is 2. The van der Waals surface area contributed by atoms with Crippen LogP contribution in [0.3, 0.4) is 0 Å². The summed E-state index contributed by atoms with van der Waals surface area (Å²) in [6.45, 7) is 10.3. The molecule has 0 aromatic carbocycles. The molecule has 1 aromatic rings. The molecule has 6 nitrogen and oxygen atoms in total. The molecule has 1 aromatic heterocycles. The van der Waals surface area contributed by atoms with Crippen LogP contribution in [-0.4, -0.2) is 59.4 Å². The minimum atomic E-state index is -0.454. The van der Waals surface area contributed by atoms with Crippen molar-refractivity contribution in [3.8, 4) is 5.75 Å². The standard InChI is InChI=1S/C15H25N3O3/c1-10(2)17-6-7-21-13(9-17)15(19)14-12(20-5)8-16-18(14)11(3)4/h8,10-11,13H,6-7,9H2,1-5H3. The number of hydrogen-bond donors (Lipinski definition) is 0. The molecule has 1 saturated heterocycles. The van der Waals surface area contributed by atoms with Gasteiger partial charge in [-0.05, 0) is 27.7 Å². The lowest BCUT2D eigenvalue weighted by Gasteiger charge is -2.34. The summed E-state index contributed by atoms with van der Waals surface area (Å²) in [4.78, 5) is 15.1. The molecule has 0 radical (unpaired) electrons. The van der Waals surface area contributed by atoms with Crippen LogP contribution in [0.1, 0.15) is 44.2 Å². The molecule has 6 heteroatoms. The smallest absolute Gasteiger partial charge is 0.214 e. The monoisotopic (exact) mass is 295 g/mol. The van der Waals surface area contributed by atoms with Crippen LogP contribution < -0.4 is 4.74 Å². The zero-order valence-corrected chi connectivity index (χ0v) is 13.5. The van der Waals surface area contributed by atoms with Gasteiger partial charge in [0.1, 0.15) is 11.8 Å². The second-order valence-electron chi connectivity index (χ2n) is 5.91. The van der Waals surface area contributed by atoms with Gasteiger partial charge in [0.2, 0.25) is 5.78 Å². The van der Waals surface area contributed by atoms with Crippen molar-refractivity contribution in [2.24, 2.45) is 0 Å². The van der Waals surface area contributed by atoms with E-state index in [1.807, 2.05) is 13.8 Å². The third-order valence-electron chi connectivity index (χ3n) is 3.82. The molecule has 2 rings (SSSR count). The fraction of sp³-hybridized carbons (Fsp3) is 0.733. The van der Waals surface area contributed by atoms with Crippen LogP contribution in [-0.2, 0) is 4.74 Å². The molecule has 2 heterocycles. The van der Waals surface area contributed by atoms with E-state index in [2.05, 4.69) is 23.8 Å².